The Morgan fingerprint density at radius 3 is 1.09 bits per heavy atom. The molecule has 10 nitrogen and oxygen atoms in total. The molecule has 0 saturated heterocycles. The van der Waals surface area contributed by atoms with Crippen LogP contribution in [0, 0.1) is 0 Å². The first kappa shape index (κ1) is 65.2. The van der Waals surface area contributed by atoms with Gasteiger partial charge in [-0.1, -0.05) is 194 Å². The highest BCUT2D eigenvalue weighted by Gasteiger charge is 2.49. The molecule has 0 radical (unpaired) electrons. The van der Waals surface area contributed by atoms with Crippen molar-refractivity contribution in [2.45, 2.75) is 84.8 Å². The van der Waals surface area contributed by atoms with Crippen LogP contribution in [0.4, 0.5) is 22.7 Å². The maximum absolute atomic E-state index is 10.8. The van der Waals surface area contributed by atoms with Crippen molar-refractivity contribution in [2.75, 3.05) is 38.0 Å². The van der Waals surface area contributed by atoms with Crippen molar-refractivity contribution < 1.29 is 35.1 Å². The first-order chi connectivity index (χ1) is 47.0. The van der Waals surface area contributed by atoms with Crippen molar-refractivity contribution >= 4 is 86.7 Å². The van der Waals surface area contributed by atoms with Crippen molar-refractivity contribution in [2.24, 2.45) is 0 Å². The summed E-state index contributed by atoms with van der Waals surface area (Å²) in [4.78, 5) is 4.10. The number of fused-ring (bicyclic) bond motifs is 9. The molecule has 0 fully saturated rings. The van der Waals surface area contributed by atoms with E-state index < -0.39 is 30.0 Å². The molecule has 12 heteroatoms. The number of anilines is 2. The molecule has 2 atom stereocenters. The molecule has 4 heterocycles. The molecule has 0 N–H and O–H groups in total. The molecule has 0 spiro atoms. The quantitative estimate of drug-likeness (QED) is 0.0778. The Morgan fingerprint density at radius 1 is 0.388 bits per heavy atom. The van der Waals surface area contributed by atoms with Crippen molar-refractivity contribution in [1.29, 1.82) is 0 Å². The molecule has 0 saturated carbocycles. The van der Waals surface area contributed by atoms with Crippen molar-refractivity contribution in [3.05, 3.63) is 335 Å². The van der Waals surface area contributed by atoms with Gasteiger partial charge in [-0.25, -0.2) is 16.8 Å². The summed E-state index contributed by atoms with van der Waals surface area (Å²) >= 11 is 0. The zero-order chi connectivity index (χ0) is 68.5. The molecular formula is C86H78N4O6S2. The van der Waals surface area contributed by atoms with E-state index in [4.69, 9.17) is 0 Å². The average molecular weight is 1330 g/mol. The van der Waals surface area contributed by atoms with E-state index in [1.165, 1.54) is 124 Å². The topological polar surface area (TPSA) is 127 Å². The number of allylic oxidation sites excluding steroid dienone is 8. The van der Waals surface area contributed by atoms with E-state index in [-0.39, 0.29) is 21.7 Å². The van der Waals surface area contributed by atoms with E-state index in [0.717, 1.165) is 49.9 Å². The molecule has 490 valence electrons. The molecule has 4 aliphatic rings. The number of hydrogen-bond acceptors (Lipinski definition) is 8. The van der Waals surface area contributed by atoms with Crippen LogP contribution >= 0.6 is 0 Å². The van der Waals surface area contributed by atoms with Gasteiger partial charge in [0.15, 0.2) is 11.4 Å². The highest BCUT2D eigenvalue weighted by Crippen LogP contribution is 2.54. The Bertz CT molecular complexity index is 5120. The lowest BCUT2D eigenvalue weighted by molar-refractivity contribution is -0.401. The predicted octanol–water partition coefficient (Wildman–Crippen LogP) is 17.3. The van der Waals surface area contributed by atoms with Gasteiger partial charge < -0.3 is 18.9 Å². The van der Waals surface area contributed by atoms with Crippen LogP contribution in [0.5, 0.6) is 0 Å². The smallest absolute Gasteiger partial charge is 0.210 e. The summed E-state index contributed by atoms with van der Waals surface area (Å²) in [7, 11) is -0.129. The molecule has 11 aromatic rings. The zero-order valence-electron chi connectivity index (χ0n) is 56.4. The van der Waals surface area contributed by atoms with Gasteiger partial charge in [-0.05, 0) is 180 Å². The van der Waals surface area contributed by atoms with Gasteiger partial charge in [0, 0.05) is 83.1 Å². The van der Waals surface area contributed by atoms with E-state index in [1.54, 1.807) is 0 Å². The van der Waals surface area contributed by atoms with Gasteiger partial charge in [-0.3, -0.25) is 0 Å². The molecule has 4 aliphatic heterocycles. The molecule has 0 amide bonds. The summed E-state index contributed by atoms with van der Waals surface area (Å²) in [5.74, 6) is 0. The number of rotatable bonds is 14. The van der Waals surface area contributed by atoms with Crippen LogP contribution in [0.25, 0.3) is 32.3 Å². The van der Waals surface area contributed by atoms with Gasteiger partial charge in [-0.15, -0.1) is 0 Å². The van der Waals surface area contributed by atoms with Crippen LogP contribution in [0.3, 0.4) is 0 Å². The van der Waals surface area contributed by atoms with Gasteiger partial charge >= 0.3 is 0 Å². The minimum absolute atomic E-state index is 0.178. The standard InChI is InChI=1S/C76H72N4.C10H8O6S2/c1-73(2)67(79(7)65-47-45-57-29-15-17-31-59(57)71(65)73)37-23-39-69-75(49-53-25-11-9-12-26-53,61-33-19-21-35-63(61)77(69)5)51-55-41-43-56(44-42-55)52-76(50-54-27-13-10-14-28-54)62-34-20-22-36-64(62)78(6)70(76)40-24-38-68-74(3,4)72-60-32-18-16-30-58(60)46-48-66(72)80(68)8;11-17(12,13)9-3-1-7-5-10(18(14,15)16)4-2-8(7)6-9/h9-48H,49-52H2,1-8H3;1-6H,(H,11,12,13)(H,14,15,16)/q+2;/p-2. The monoisotopic (exact) mass is 1330 g/mol. The second-order valence-corrected chi connectivity index (χ2v) is 30.5. The fraction of sp³-hybridized carbons (Fsp3) is 0.186. The van der Waals surface area contributed by atoms with Crippen molar-refractivity contribution in [3.8, 4) is 0 Å². The molecule has 0 aliphatic carbocycles. The fourth-order valence-corrected chi connectivity index (χ4v) is 17.7. The number of nitrogens with zero attached hydrogens (tertiary/aromatic N) is 4. The number of likely N-dealkylation sites (N-methyl/N-ethyl adjacent to an activating group) is 2. The van der Waals surface area contributed by atoms with E-state index in [9.17, 15) is 25.9 Å². The first-order valence-corrected chi connectivity index (χ1v) is 36.1. The van der Waals surface area contributed by atoms with Gasteiger partial charge in [0.05, 0.1) is 20.6 Å². The highest BCUT2D eigenvalue weighted by molar-refractivity contribution is 7.86. The summed E-state index contributed by atoms with van der Waals surface area (Å²) in [5, 5.41) is 5.95. The second-order valence-electron chi connectivity index (χ2n) is 27.7. The van der Waals surface area contributed by atoms with Crippen LogP contribution in [0.1, 0.15) is 72.2 Å². The third-order valence-corrected chi connectivity index (χ3v) is 22.8. The summed E-state index contributed by atoms with van der Waals surface area (Å²) in [6.45, 7) is 9.53. The van der Waals surface area contributed by atoms with E-state index in [2.05, 4.69) is 318 Å². The van der Waals surface area contributed by atoms with E-state index >= 15 is 0 Å². The number of para-hydroxylation sites is 2. The lowest BCUT2D eigenvalue weighted by Crippen LogP contribution is -2.35. The van der Waals surface area contributed by atoms with Gasteiger partial charge in [0.2, 0.25) is 11.4 Å². The maximum Gasteiger partial charge on any atom is 0.210 e. The fourth-order valence-electron chi connectivity index (χ4n) is 16.7. The number of hydrogen-bond donors (Lipinski definition) is 0. The third-order valence-electron chi connectivity index (χ3n) is 21.2. The summed E-state index contributed by atoms with van der Waals surface area (Å²) < 4.78 is 69.6. The lowest BCUT2D eigenvalue weighted by atomic mass is 9.69. The van der Waals surface area contributed by atoms with Gasteiger partial charge in [0.1, 0.15) is 34.3 Å². The predicted molar refractivity (Wildman–Crippen MR) is 397 cm³/mol. The Balaban J connectivity index is 0.000000396. The summed E-state index contributed by atoms with van der Waals surface area (Å²) in [5.41, 5.74) is 20.1. The molecule has 2 unspecified atom stereocenters. The Hall–Kier alpha value is -10.1. The first-order valence-electron chi connectivity index (χ1n) is 33.3. The Kier molecular flexibility index (Phi) is 16.7. The lowest BCUT2D eigenvalue weighted by Gasteiger charge is -2.34. The molecule has 98 heavy (non-hydrogen) atoms. The average Bonchev–Trinajstić information content (AvgIpc) is 1.59. The van der Waals surface area contributed by atoms with Crippen molar-refractivity contribution in [1.82, 2.24) is 0 Å². The third kappa shape index (κ3) is 11.5. The second kappa shape index (κ2) is 25.1. The zero-order valence-corrected chi connectivity index (χ0v) is 58.1. The molecule has 11 aromatic carbocycles. The van der Waals surface area contributed by atoms with Crippen LogP contribution in [0.2, 0.25) is 0 Å². The van der Waals surface area contributed by atoms with Crippen LogP contribution in [0.15, 0.2) is 300 Å². The van der Waals surface area contributed by atoms with Crippen LogP contribution in [-0.4, -0.2) is 74.7 Å². The van der Waals surface area contributed by atoms with Crippen LogP contribution in [-0.2, 0) is 67.6 Å². The summed E-state index contributed by atoms with van der Waals surface area (Å²) in [6.07, 6.45) is 17.7. The van der Waals surface area contributed by atoms with E-state index in [0.29, 0.717) is 10.8 Å². The van der Waals surface area contributed by atoms with Crippen molar-refractivity contribution in [3.63, 3.8) is 0 Å². The largest absolute Gasteiger partial charge is 0.744 e. The van der Waals surface area contributed by atoms with Gasteiger partial charge in [0.25, 0.3) is 0 Å². The molecule has 15 rings (SSSR count). The molecule has 0 bridgehead atoms. The summed E-state index contributed by atoms with van der Waals surface area (Å²) in [6, 6.07) is 84.0. The number of benzene rings is 11. The Morgan fingerprint density at radius 2 is 0.714 bits per heavy atom. The van der Waals surface area contributed by atoms with Crippen LogP contribution < -0.4 is 9.80 Å². The molecule has 0 aromatic heterocycles. The van der Waals surface area contributed by atoms with E-state index in [1.807, 2.05) is 0 Å². The highest BCUT2D eigenvalue weighted by atomic mass is 32.2. The SMILES string of the molecule is CN1C(=CC=CC2=[N+](C)c3ccc4ccccc4c3C2(C)C)C(Cc2ccccc2)(Cc2ccc(CC3(Cc4ccccc4)C(=CC=CC4=[N+](C)c5ccc6ccccc6c5C4(C)C)N(C)c4ccccc43)cc2)c2ccccc21.O=S(=O)([O-])c1ccc2cc(S(=O)(=O)[O-])ccc2c1. The van der Waals surface area contributed by atoms with Gasteiger partial charge in [-0.2, -0.15) is 9.15 Å². The minimum atomic E-state index is -4.56. The Labute approximate surface area is 576 Å². The normalized spacial score (nSPS) is 19.3. The minimum Gasteiger partial charge on any atom is -0.744 e. The molecular weight excluding hydrogens is 1250 g/mol. The maximum atomic E-state index is 10.8.